The zero-order valence-corrected chi connectivity index (χ0v) is 9.22. The molecule has 6 heteroatoms. The molecule has 0 radical (unpaired) electrons. The molecular weight excluding hydrogens is 243 g/mol. The van der Waals surface area contributed by atoms with Gasteiger partial charge in [0.15, 0.2) is 0 Å². The maximum absolute atomic E-state index is 11.7. The van der Waals surface area contributed by atoms with Crippen LogP contribution >= 0.6 is 12.4 Å². The number of halogens is 4. The van der Waals surface area contributed by atoms with Crippen LogP contribution in [0.1, 0.15) is 5.56 Å². The van der Waals surface area contributed by atoms with Gasteiger partial charge in [-0.2, -0.15) is 0 Å². The fourth-order valence-electron chi connectivity index (χ4n) is 1.18. The Morgan fingerprint density at radius 1 is 1.19 bits per heavy atom. The Labute approximate surface area is 98.0 Å². The van der Waals surface area contributed by atoms with E-state index in [1.165, 1.54) is 0 Å². The van der Waals surface area contributed by atoms with Crippen molar-refractivity contribution < 1.29 is 17.9 Å². The van der Waals surface area contributed by atoms with Crippen molar-refractivity contribution in [1.29, 1.82) is 0 Å². The summed E-state index contributed by atoms with van der Waals surface area (Å²) >= 11 is 0. The second-order valence-electron chi connectivity index (χ2n) is 3.21. The smallest absolute Gasteiger partial charge is 0.325 e. The highest BCUT2D eigenvalue weighted by Gasteiger charge is 2.29. The maximum Gasteiger partial charge on any atom is 0.522 e. The summed E-state index contributed by atoms with van der Waals surface area (Å²) in [5.74, 6) is 0. The molecule has 0 aliphatic rings. The maximum atomic E-state index is 11.7. The van der Waals surface area contributed by atoms with Crippen LogP contribution in [0.3, 0.4) is 0 Å². The highest BCUT2D eigenvalue weighted by Crippen LogP contribution is 2.16. The van der Waals surface area contributed by atoms with Gasteiger partial charge in [0.2, 0.25) is 0 Å². The average Bonchev–Trinajstić information content (AvgIpc) is 2.15. The van der Waals surface area contributed by atoms with E-state index in [2.05, 4.69) is 4.74 Å². The van der Waals surface area contributed by atoms with Gasteiger partial charge in [0, 0.05) is 6.04 Å². The highest BCUT2D eigenvalue weighted by atomic mass is 35.5. The van der Waals surface area contributed by atoms with E-state index in [1.807, 2.05) is 30.3 Å². The van der Waals surface area contributed by atoms with Gasteiger partial charge in [0.05, 0.1) is 6.61 Å². The molecular formula is C10H13ClF3NO. The van der Waals surface area contributed by atoms with E-state index >= 15 is 0 Å². The fraction of sp³-hybridized carbons (Fsp3) is 0.400. The van der Waals surface area contributed by atoms with Gasteiger partial charge in [-0.15, -0.1) is 25.6 Å². The summed E-state index contributed by atoms with van der Waals surface area (Å²) in [6.45, 7) is -0.515. The molecule has 2 N–H and O–H groups in total. The van der Waals surface area contributed by atoms with Crippen molar-refractivity contribution >= 4 is 12.4 Å². The van der Waals surface area contributed by atoms with Crippen LogP contribution in [0.5, 0.6) is 0 Å². The molecule has 0 heterocycles. The minimum Gasteiger partial charge on any atom is -0.325 e. The van der Waals surface area contributed by atoms with Crippen LogP contribution in [0.15, 0.2) is 30.3 Å². The van der Waals surface area contributed by atoms with E-state index < -0.39 is 19.0 Å². The molecule has 0 unspecified atom stereocenters. The lowest BCUT2D eigenvalue weighted by Gasteiger charge is -2.13. The van der Waals surface area contributed by atoms with Gasteiger partial charge < -0.3 is 5.73 Å². The Balaban J connectivity index is 0.00000225. The first kappa shape index (κ1) is 15.2. The first-order valence-electron chi connectivity index (χ1n) is 4.47. The third-order valence-corrected chi connectivity index (χ3v) is 1.80. The van der Waals surface area contributed by atoms with Gasteiger partial charge in [0.25, 0.3) is 0 Å². The predicted molar refractivity (Wildman–Crippen MR) is 57.4 cm³/mol. The zero-order chi connectivity index (χ0) is 11.3. The number of rotatable bonds is 4. The van der Waals surface area contributed by atoms with Crippen LogP contribution < -0.4 is 5.73 Å². The summed E-state index contributed by atoms with van der Waals surface area (Å²) < 4.78 is 38.7. The number of benzene rings is 1. The Morgan fingerprint density at radius 2 is 1.75 bits per heavy atom. The third kappa shape index (κ3) is 6.66. The van der Waals surface area contributed by atoms with Crippen molar-refractivity contribution in [2.45, 2.75) is 18.8 Å². The van der Waals surface area contributed by atoms with Gasteiger partial charge in [-0.25, -0.2) is 0 Å². The van der Waals surface area contributed by atoms with Crippen molar-refractivity contribution in [1.82, 2.24) is 0 Å². The van der Waals surface area contributed by atoms with Crippen LogP contribution in [0.4, 0.5) is 13.2 Å². The minimum absolute atomic E-state index is 0. The zero-order valence-electron chi connectivity index (χ0n) is 8.41. The van der Waals surface area contributed by atoms with E-state index in [0.29, 0.717) is 6.42 Å². The number of hydrogen-bond donors (Lipinski definition) is 1. The molecule has 1 aromatic carbocycles. The summed E-state index contributed by atoms with van der Waals surface area (Å²) in [5.41, 5.74) is 6.39. The van der Waals surface area contributed by atoms with Crippen molar-refractivity contribution in [3.8, 4) is 0 Å². The molecule has 1 atom stereocenters. The quantitative estimate of drug-likeness (QED) is 0.897. The topological polar surface area (TPSA) is 35.2 Å². The first-order valence-corrected chi connectivity index (χ1v) is 4.47. The van der Waals surface area contributed by atoms with Crippen LogP contribution in [-0.2, 0) is 11.2 Å². The molecule has 0 aliphatic heterocycles. The third-order valence-electron chi connectivity index (χ3n) is 1.80. The van der Waals surface area contributed by atoms with Crippen molar-refractivity contribution in [3.63, 3.8) is 0 Å². The highest BCUT2D eigenvalue weighted by molar-refractivity contribution is 5.85. The van der Waals surface area contributed by atoms with Gasteiger partial charge in [0.1, 0.15) is 0 Å². The lowest BCUT2D eigenvalue weighted by molar-refractivity contribution is -0.325. The molecule has 2 nitrogen and oxygen atoms in total. The van der Waals surface area contributed by atoms with Gasteiger partial charge in [-0.3, -0.25) is 4.74 Å². The normalized spacial score (nSPS) is 13.0. The molecule has 0 aromatic heterocycles. The van der Waals surface area contributed by atoms with E-state index in [1.54, 1.807) is 0 Å². The summed E-state index contributed by atoms with van der Waals surface area (Å²) in [4.78, 5) is 0. The Kier molecular flexibility index (Phi) is 6.40. The molecule has 0 bridgehead atoms. The Morgan fingerprint density at radius 3 is 2.25 bits per heavy atom. The summed E-state index contributed by atoms with van der Waals surface area (Å²) in [6, 6.07) is 8.44. The SMILES string of the molecule is Cl.N[C@H](COC(F)(F)F)Cc1ccccc1. The molecule has 0 saturated heterocycles. The van der Waals surface area contributed by atoms with E-state index in [4.69, 9.17) is 5.73 Å². The van der Waals surface area contributed by atoms with Gasteiger partial charge in [-0.1, -0.05) is 30.3 Å². The lowest BCUT2D eigenvalue weighted by atomic mass is 10.1. The lowest BCUT2D eigenvalue weighted by Crippen LogP contribution is -2.31. The summed E-state index contributed by atoms with van der Waals surface area (Å²) in [7, 11) is 0. The largest absolute Gasteiger partial charge is 0.522 e. The predicted octanol–water partition coefficient (Wildman–Crippen LogP) is 2.51. The fourth-order valence-corrected chi connectivity index (χ4v) is 1.18. The molecule has 1 rings (SSSR count). The van der Waals surface area contributed by atoms with Crippen LogP contribution in [0.2, 0.25) is 0 Å². The molecule has 0 spiro atoms. The van der Waals surface area contributed by atoms with Gasteiger partial charge >= 0.3 is 6.36 Å². The molecule has 0 amide bonds. The Bertz CT molecular complexity index is 292. The number of hydrogen-bond acceptors (Lipinski definition) is 2. The van der Waals surface area contributed by atoms with E-state index in [9.17, 15) is 13.2 Å². The van der Waals surface area contributed by atoms with Gasteiger partial charge in [-0.05, 0) is 12.0 Å². The van der Waals surface area contributed by atoms with Crippen molar-refractivity contribution in [3.05, 3.63) is 35.9 Å². The second kappa shape index (κ2) is 6.73. The summed E-state index contributed by atoms with van der Waals surface area (Å²) in [5, 5.41) is 0. The molecule has 0 fully saturated rings. The summed E-state index contributed by atoms with van der Waals surface area (Å²) in [6.07, 6.45) is -4.23. The van der Waals surface area contributed by atoms with E-state index in [0.717, 1.165) is 5.56 Å². The van der Waals surface area contributed by atoms with Crippen LogP contribution in [-0.4, -0.2) is 19.0 Å². The molecule has 0 saturated carbocycles. The number of ether oxygens (including phenoxy) is 1. The molecule has 1 aromatic rings. The van der Waals surface area contributed by atoms with E-state index in [-0.39, 0.29) is 12.4 Å². The molecule has 92 valence electrons. The van der Waals surface area contributed by atoms with Crippen molar-refractivity contribution in [2.75, 3.05) is 6.61 Å². The van der Waals surface area contributed by atoms with Crippen LogP contribution in [0, 0.1) is 0 Å². The first-order chi connectivity index (χ1) is 6.97. The monoisotopic (exact) mass is 255 g/mol. The van der Waals surface area contributed by atoms with Crippen molar-refractivity contribution in [2.24, 2.45) is 5.73 Å². The molecule has 0 aliphatic carbocycles. The number of alkyl halides is 3. The Hall–Kier alpha value is -0.780. The van der Waals surface area contributed by atoms with Crippen LogP contribution in [0.25, 0.3) is 0 Å². The second-order valence-corrected chi connectivity index (χ2v) is 3.21. The standard InChI is InChI=1S/C10H12F3NO.ClH/c11-10(12,13)15-7-9(14)6-8-4-2-1-3-5-8;/h1-5,9H,6-7,14H2;1H/t9-;/m0./s1. The average molecular weight is 256 g/mol. The molecule has 16 heavy (non-hydrogen) atoms. The number of nitrogens with two attached hydrogens (primary N) is 1. The minimum atomic E-state index is -4.60.